The highest BCUT2D eigenvalue weighted by Crippen LogP contribution is 2.38. The summed E-state index contributed by atoms with van der Waals surface area (Å²) in [5, 5.41) is -0.763. The van der Waals surface area contributed by atoms with Gasteiger partial charge in [-0.1, -0.05) is 35.3 Å². The van der Waals surface area contributed by atoms with E-state index < -0.39 is 56.1 Å². The average Bonchev–Trinajstić information content (AvgIpc) is 3.19. The van der Waals surface area contributed by atoms with Crippen LogP contribution in [0.4, 0.5) is 22.0 Å². The van der Waals surface area contributed by atoms with Crippen LogP contribution in [-0.2, 0) is 9.47 Å². The Hall–Kier alpha value is -4.71. The molecule has 9 nitrogen and oxygen atoms in total. The van der Waals surface area contributed by atoms with Crippen LogP contribution in [-0.4, -0.2) is 44.0 Å². The summed E-state index contributed by atoms with van der Waals surface area (Å²) in [6.07, 6.45) is 2.75. The average molecular weight is 989 g/mol. The van der Waals surface area contributed by atoms with E-state index in [9.17, 15) is 31.5 Å². The molecule has 2 heterocycles. The van der Waals surface area contributed by atoms with Gasteiger partial charge >= 0.3 is 0 Å². The lowest BCUT2D eigenvalue weighted by atomic mass is 10.1. The summed E-state index contributed by atoms with van der Waals surface area (Å²) < 4.78 is 101. The quantitative estimate of drug-likeness (QED) is 0.0943. The Balaban J connectivity index is 0.000000224. The second-order valence-electron chi connectivity index (χ2n) is 12.4. The third-order valence-corrected chi connectivity index (χ3v) is 10.3. The lowest BCUT2D eigenvalue weighted by Gasteiger charge is -2.20. The SMILES string of the molecule is COCOc1ccc(C)c(-n2cc(Br)c(=O)c(Cl)c2-c2c(F)cc(F)cc2F)c1.COCOc1ccc(C)c(-n2cc(Br)c(=O)c(Cl)c2-c2c(F)cc(OC)cc2F)c1. The maximum absolute atomic E-state index is 14.9. The molecule has 6 aromatic rings. The van der Waals surface area contributed by atoms with Crippen LogP contribution in [0.2, 0.25) is 10.0 Å². The first-order valence-electron chi connectivity index (χ1n) is 16.9. The van der Waals surface area contributed by atoms with Crippen molar-refractivity contribution < 1.29 is 45.6 Å². The van der Waals surface area contributed by atoms with Gasteiger partial charge in [0.1, 0.15) is 56.4 Å². The van der Waals surface area contributed by atoms with Gasteiger partial charge < -0.3 is 32.8 Å². The van der Waals surface area contributed by atoms with E-state index in [1.807, 2.05) is 0 Å². The topological polar surface area (TPSA) is 90.2 Å². The molecule has 0 saturated carbocycles. The zero-order chi connectivity index (χ0) is 43.3. The van der Waals surface area contributed by atoms with E-state index in [1.54, 1.807) is 50.2 Å². The van der Waals surface area contributed by atoms with Crippen molar-refractivity contribution in [3.8, 4) is 51.1 Å². The molecule has 0 spiro atoms. The number of nitrogens with zero attached hydrogens (tertiary/aromatic N) is 2. The van der Waals surface area contributed by atoms with Crippen molar-refractivity contribution >= 4 is 55.1 Å². The largest absolute Gasteiger partial charge is 0.497 e. The summed E-state index contributed by atoms with van der Waals surface area (Å²) >= 11 is 18.8. The maximum Gasteiger partial charge on any atom is 0.214 e. The minimum absolute atomic E-state index is 0.00187. The Bertz CT molecular complexity index is 2630. The third kappa shape index (κ3) is 9.85. The van der Waals surface area contributed by atoms with Gasteiger partial charge in [-0.15, -0.1) is 0 Å². The van der Waals surface area contributed by atoms with Gasteiger partial charge in [-0.05, 0) is 69.0 Å². The summed E-state index contributed by atoms with van der Waals surface area (Å²) in [5.74, 6) is -4.43. The minimum atomic E-state index is -1.19. The molecule has 59 heavy (non-hydrogen) atoms. The van der Waals surface area contributed by atoms with Crippen molar-refractivity contribution in [2.75, 3.05) is 34.9 Å². The van der Waals surface area contributed by atoms with Gasteiger partial charge in [0.25, 0.3) is 0 Å². The summed E-state index contributed by atoms with van der Waals surface area (Å²) in [5.41, 5.74) is -0.303. The predicted molar refractivity (Wildman–Crippen MR) is 221 cm³/mol. The molecule has 310 valence electrons. The molecule has 0 saturated heterocycles. The number of aryl methyl sites for hydroxylation is 2. The number of hydrogen-bond donors (Lipinski definition) is 0. The maximum atomic E-state index is 14.9. The van der Waals surface area contributed by atoms with Gasteiger partial charge in [0.05, 0.1) is 49.9 Å². The Morgan fingerprint density at radius 2 is 0.949 bits per heavy atom. The molecule has 0 atom stereocenters. The van der Waals surface area contributed by atoms with Gasteiger partial charge in [-0.3, -0.25) is 9.59 Å². The Labute approximate surface area is 360 Å². The molecule has 0 radical (unpaired) electrons. The van der Waals surface area contributed by atoms with Crippen molar-refractivity contribution in [2.24, 2.45) is 0 Å². The number of ether oxygens (including phenoxy) is 5. The van der Waals surface area contributed by atoms with E-state index in [-0.39, 0.29) is 44.7 Å². The molecule has 2 aromatic heterocycles. The third-order valence-electron chi connectivity index (χ3n) is 8.51. The summed E-state index contributed by atoms with van der Waals surface area (Å²) in [6.45, 7) is 3.58. The number of pyridine rings is 2. The van der Waals surface area contributed by atoms with Crippen molar-refractivity contribution in [1.29, 1.82) is 0 Å². The number of methoxy groups -OCH3 is 3. The van der Waals surface area contributed by atoms with Gasteiger partial charge in [0.15, 0.2) is 13.6 Å². The lowest BCUT2D eigenvalue weighted by molar-refractivity contribution is 0.0509. The molecule has 0 N–H and O–H groups in total. The Morgan fingerprint density at radius 1 is 0.576 bits per heavy atom. The number of rotatable bonds is 11. The first kappa shape index (κ1) is 45.4. The second kappa shape index (κ2) is 19.6. The van der Waals surface area contributed by atoms with Crippen LogP contribution in [0, 0.1) is 42.9 Å². The minimum Gasteiger partial charge on any atom is -0.497 e. The standard InChI is InChI=1S/C21H17BrClF2NO4.C20H14BrClF3NO3/c1-11-4-5-12(30-10-28-2)8-17(11)26-9-14(22)21(27)19(23)20(26)18-15(24)6-13(29-3)7-16(18)25;1-10-3-4-12(29-9-28-2)7-16(10)26-8-13(21)20(27)18(22)19(26)17-14(24)5-11(23)6-15(17)25/h4-9H,10H2,1-3H3;3-8H,9H2,1-2H3. The van der Waals surface area contributed by atoms with Crippen molar-refractivity contribution in [3.05, 3.63) is 153 Å². The predicted octanol–water partition coefficient (Wildman–Crippen LogP) is 11.1. The van der Waals surface area contributed by atoms with E-state index in [2.05, 4.69) is 31.9 Å². The van der Waals surface area contributed by atoms with Crippen LogP contribution in [0.25, 0.3) is 33.9 Å². The molecule has 0 aliphatic carbocycles. The molecule has 0 bridgehead atoms. The molecule has 0 unspecified atom stereocenters. The fraction of sp³-hybridized carbons (Fsp3) is 0.171. The zero-order valence-electron chi connectivity index (χ0n) is 31.5. The van der Waals surface area contributed by atoms with E-state index >= 15 is 0 Å². The smallest absolute Gasteiger partial charge is 0.214 e. The van der Waals surface area contributed by atoms with Crippen molar-refractivity contribution in [2.45, 2.75) is 13.8 Å². The molecule has 4 aromatic carbocycles. The Kier molecular flexibility index (Phi) is 15.0. The molecule has 0 aliphatic rings. The fourth-order valence-corrected chi connectivity index (χ4v) is 7.35. The highest BCUT2D eigenvalue weighted by atomic mass is 79.9. The van der Waals surface area contributed by atoms with Crippen LogP contribution >= 0.6 is 55.1 Å². The highest BCUT2D eigenvalue weighted by molar-refractivity contribution is 9.10. The van der Waals surface area contributed by atoms with E-state index in [4.69, 9.17) is 46.9 Å². The molecule has 18 heteroatoms. The molecule has 0 fully saturated rings. The summed E-state index contributed by atoms with van der Waals surface area (Å²) in [7, 11) is 4.25. The monoisotopic (exact) mass is 986 g/mol. The van der Waals surface area contributed by atoms with Crippen LogP contribution in [0.15, 0.2) is 91.6 Å². The van der Waals surface area contributed by atoms with Gasteiger partial charge in [-0.25, -0.2) is 22.0 Å². The van der Waals surface area contributed by atoms with Crippen LogP contribution in [0.3, 0.4) is 0 Å². The normalized spacial score (nSPS) is 10.9. The first-order valence-corrected chi connectivity index (χ1v) is 19.2. The lowest BCUT2D eigenvalue weighted by Crippen LogP contribution is -2.14. The number of hydrogen-bond acceptors (Lipinski definition) is 7. The first-order chi connectivity index (χ1) is 28.0. The molecular formula is C41H31Br2Cl2F5N2O7. The molecular weight excluding hydrogens is 958 g/mol. The van der Waals surface area contributed by atoms with Gasteiger partial charge in [-0.2, -0.15) is 0 Å². The van der Waals surface area contributed by atoms with Crippen molar-refractivity contribution in [1.82, 2.24) is 9.13 Å². The van der Waals surface area contributed by atoms with Crippen LogP contribution in [0.5, 0.6) is 17.2 Å². The molecule has 0 amide bonds. The van der Waals surface area contributed by atoms with E-state index in [0.717, 1.165) is 17.7 Å². The van der Waals surface area contributed by atoms with Gasteiger partial charge in [0.2, 0.25) is 10.9 Å². The number of halogens is 9. The zero-order valence-corrected chi connectivity index (χ0v) is 36.2. The number of benzene rings is 4. The molecule has 0 aliphatic heterocycles. The Morgan fingerprint density at radius 3 is 1.31 bits per heavy atom. The number of aromatic nitrogens is 2. The molecule has 6 rings (SSSR count). The fourth-order valence-electron chi connectivity index (χ4n) is 5.74. The van der Waals surface area contributed by atoms with Crippen LogP contribution in [0.1, 0.15) is 11.1 Å². The second-order valence-corrected chi connectivity index (χ2v) is 14.9. The van der Waals surface area contributed by atoms with Crippen molar-refractivity contribution in [3.63, 3.8) is 0 Å². The highest BCUT2D eigenvalue weighted by Gasteiger charge is 2.26. The van der Waals surface area contributed by atoms with Gasteiger partial charge in [0, 0.05) is 63.0 Å². The van der Waals surface area contributed by atoms with E-state index in [0.29, 0.717) is 40.6 Å². The summed E-state index contributed by atoms with van der Waals surface area (Å²) in [6, 6.07) is 13.3. The summed E-state index contributed by atoms with van der Waals surface area (Å²) in [4.78, 5) is 24.9. The van der Waals surface area contributed by atoms with E-state index in [1.165, 1.54) is 42.9 Å². The van der Waals surface area contributed by atoms with Crippen LogP contribution < -0.4 is 25.1 Å².